The maximum Gasteiger partial charge on any atom is 0.242 e. The SMILES string of the molecule is CO.C[C@H](NC(=O)CNS(=O)(=O)c1ccccc1)C(=O)NC(C=O)CCCN=C(N)N. The van der Waals surface area contributed by atoms with Crippen LogP contribution in [-0.2, 0) is 24.4 Å². The molecule has 0 saturated heterocycles. The van der Waals surface area contributed by atoms with Crippen molar-refractivity contribution < 1.29 is 27.9 Å². The number of carbonyl (C=O) groups excluding carboxylic acids is 3. The van der Waals surface area contributed by atoms with E-state index in [4.69, 9.17) is 16.6 Å². The highest BCUT2D eigenvalue weighted by molar-refractivity contribution is 7.89. The molecular formula is C18H30N6O6S. The molecule has 1 unspecified atom stereocenters. The molecule has 0 aliphatic rings. The fourth-order valence-corrected chi connectivity index (χ4v) is 3.21. The van der Waals surface area contributed by atoms with E-state index in [1.807, 2.05) is 0 Å². The van der Waals surface area contributed by atoms with Gasteiger partial charge in [-0.2, -0.15) is 0 Å². The van der Waals surface area contributed by atoms with Crippen LogP contribution in [0.25, 0.3) is 0 Å². The molecule has 1 aromatic carbocycles. The summed E-state index contributed by atoms with van der Waals surface area (Å²) in [4.78, 5) is 39.0. The number of nitrogens with zero attached hydrogens (tertiary/aromatic N) is 1. The molecule has 0 aliphatic heterocycles. The number of amides is 2. The van der Waals surface area contributed by atoms with Gasteiger partial charge in [0.15, 0.2) is 5.96 Å². The van der Waals surface area contributed by atoms with Gasteiger partial charge in [0.05, 0.1) is 17.5 Å². The number of aliphatic hydroxyl groups excluding tert-OH is 1. The summed E-state index contributed by atoms with van der Waals surface area (Å²) in [6.45, 7) is 1.20. The maximum atomic E-state index is 12.1. The lowest BCUT2D eigenvalue weighted by Crippen LogP contribution is -2.50. The van der Waals surface area contributed by atoms with E-state index in [1.54, 1.807) is 18.2 Å². The van der Waals surface area contributed by atoms with Crippen molar-refractivity contribution in [3.63, 3.8) is 0 Å². The summed E-state index contributed by atoms with van der Waals surface area (Å²) in [6.07, 6.45) is 1.38. The molecule has 2 amide bonds. The van der Waals surface area contributed by atoms with Gasteiger partial charge >= 0.3 is 0 Å². The second-order valence-electron chi connectivity index (χ2n) is 6.13. The Morgan fingerprint density at radius 2 is 1.77 bits per heavy atom. The van der Waals surface area contributed by atoms with Gasteiger partial charge in [0.2, 0.25) is 21.8 Å². The van der Waals surface area contributed by atoms with E-state index in [-0.39, 0.29) is 10.9 Å². The minimum atomic E-state index is -3.84. The summed E-state index contributed by atoms with van der Waals surface area (Å²) in [6, 6.07) is 5.84. The molecule has 31 heavy (non-hydrogen) atoms. The number of nitrogens with two attached hydrogens (primary N) is 2. The highest BCUT2D eigenvalue weighted by atomic mass is 32.2. The molecule has 12 nitrogen and oxygen atoms in total. The van der Waals surface area contributed by atoms with E-state index in [1.165, 1.54) is 19.1 Å². The van der Waals surface area contributed by atoms with Gasteiger partial charge in [0.25, 0.3) is 0 Å². The fourth-order valence-electron chi connectivity index (χ4n) is 2.20. The van der Waals surface area contributed by atoms with Crippen LogP contribution in [0, 0.1) is 0 Å². The molecule has 0 aromatic heterocycles. The van der Waals surface area contributed by atoms with Crippen molar-refractivity contribution in [3.8, 4) is 0 Å². The highest BCUT2D eigenvalue weighted by Crippen LogP contribution is 2.06. The lowest BCUT2D eigenvalue weighted by Gasteiger charge is -2.17. The molecular weight excluding hydrogens is 428 g/mol. The number of nitrogens with one attached hydrogen (secondary N) is 3. The molecule has 1 aromatic rings. The van der Waals surface area contributed by atoms with Gasteiger partial charge in [-0.25, -0.2) is 13.1 Å². The minimum absolute atomic E-state index is 0.0214. The summed E-state index contributed by atoms with van der Waals surface area (Å²) in [5, 5.41) is 11.9. The zero-order valence-electron chi connectivity index (χ0n) is 17.4. The van der Waals surface area contributed by atoms with Crippen LogP contribution in [0.1, 0.15) is 19.8 Å². The molecule has 8 N–H and O–H groups in total. The van der Waals surface area contributed by atoms with Crippen LogP contribution >= 0.6 is 0 Å². The van der Waals surface area contributed by atoms with Crippen LogP contribution in [0.15, 0.2) is 40.2 Å². The second kappa shape index (κ2) is 14.9. The van der Waals surface area contributed by atoms with E-state index in [9.17, 15) is 22.8 Å². The van der Waals surface area contributed by atoms with Crippen LogP contribution in [-0.4, -0.2) is 69.9 Å². The zero-order valence-corrected chi connectivity index (χ0v) is 18.3. The van der Waals surface area contributed by atoms with Crippen molar-refractivity contribution in [1.82, 2.24) is 15.4 Å². The molecule has 174 valence electrons. The summed E-state index contributed by atoms with van der Waals surface area (Å²) < 4.78 is 26.3. The largest absolute Gasteiger partial charge is 0.400 e. The first kappa shape index (κ1) is 28.0. The summed E-state index contributed by atoms with van der Waals surface area (Å²) in [7, 11) is -2.84. The van der Waals surface area contributed by atoms with E-state index < -0.39 is 40.5 Å². The number of aliphatic imine (C=N–C) groups is 1. The number of hydrogen-bond acceptors (Lipinski definition) is 7. The Labute approximate surface area is 181 Å². The second-order valence-corrected chi connectivity index (χ2v) is 7.89. The molecule has 0 spiro atoms. The fraction of sp³-hybridized carbons (Fsp3) is 0.444. The van der Waals surface area contributed by atoms with Crippen LogP contribution in [0.3, 0.4) is 0 Å². The smallest absolute Gasteiger partial charge is 0.242 e. The van der Waals surface area contributed by atoms with Gasteiger partial charge in [-0.1, -0.05) is 18.2 Å². The van der Waals surface area contributed by atoms with E-state index in [0.717, 1.165) is 7.11 Å². The van der Waals surface area contributed by atoms with Crippen molar-refractivity contribution in [1.29, 1.82) is 0 Å². The first-order chi connectivity index (χ1) is 14.7. The van der Waals surface area contributed by atoms with Gasteiger partial charge in [-0.15, -0.1) is 0 Å². The van der Waals surface area contributed by atoms with Crippen LogP contribution in [0.5, 0.6) is 0 Å². The van der Waals surface area contributed by atoms with Gasteiger partial charge in [0, 0.05) is 13.7 Å². The quantitative estimate of drug-likeness (QED) is 0.0876. The minimum Gasteiger partial charge on any atom is -0.400 e. The molecule has 0 bridgehead atoms. The predicted molar refractivity (Wildman–Crippen MR) is 115 cm³/mol. The third-order valence-corrected chi connectivity index (χ3v) is 5.12. The van der Waals surface area contributed by atoms with Crippen molar-refractivity contribution in [3.05, 3.63) is 30.3 Å². The Bertz CT molecular complexity index is 827. The standard InChI is InChI=1S/C17H26N6O5S.CH4O/c1-12(16(26)23-13(11-24)6-5-9-20-17(18)19)22-15(25)10-21-29(27,28)14-7-3-2-4-8-14;1-2/h2-4,7-8,11-13,21H,5-6,9-10H2,1H3,(H,22,25)(H,23,26)(H4,18,19,20);2H,1H3/t12-,13?;/m0./s1. The molecule has 0 aliphatic carbocycles. The van der Waals surface area contributed by atoms with Crippen molar-refractivity contribution in [2.75, 3.05) is 20.2 Å². The Morgan fingerprint density at radius 1 is 1.16 bits per heavy atom. The number of rotatable bonds is 12. The van der Waals surface area contributed by atoms with Crippen LogP contribution < -0.4 is 26.8 Å². The van der Waals surface area contributed by atoms with E-state index in [2.05, 4.69) is 20.3 Å². The molecule has 2 atom stereocenters. The topological polar surface area (TPSA) is 206 Å². The summed E-state index contributed by atoms with van der Waals surface area (Å²) >= 11 is 0. The van der Waals surface area contributed by atoms with Crippen molar-refractivity contribution in [2.24, 2.45) is 16.5 Å². The normalized spacial score (nSPS) is 12.4. The third-order valence-electron chi connectivity index (χ3n) is 3.71. The highest BCUT2D eigenvalue weighted by Gasteiger charge is 2.20. The van der Waals surface area contributed by atoms with Crippen molar-refractivity contribution in [2.45, 2.75) is 36.7 Å². The lowest BCUT2D eigenvalue weighted by molar-refractivity contribution is -0.129. The monoisotopic (exact) mass is 458 g/mol. The number of hydrogen-bond donors (Lipinski definition) is 6. The first-order valence-electron chi connectivity index (χ1n) is 9.25. The molecule has 0 saturated carbocycles. The number of benzene rings is 1. The van der Waals surface area contributed by atoms with Gasteiger partial charge in [-0.3, -0.25) is 14.6 Å². The number of sulfonamides is 1. The molecule has 13 heteroatoms. The summed E-state index contributed by atoms with van der Waals surface area (Å²) in [5.41, 5.74) is 10.4. The Morgan fingerprint density at radius 3 is 2.32 bits per heavy atom. The van der Waals surface area contributed by atoms with Gasteiger partial charge in [0.1, 0.15) is 12.3 Å². The van der Waals surface area contributed by atoms with E-state index >= 15 is 0 Å². The average molecular weight is 459 g/mol. The Kier molecular flexibility index (Phi) is 13.4. The van der Waals surface area contributed by atoms with Gasteiger partial charge < -0.3 is 32.0 Å². The predicted octanol–water partition coefficient (Wildman–Crippen LogP) is -2.18. The van der Waals surface area contributed by atoms with E-state index in [0.29, 0.717) is 25.7 Å². The third kappa shape index (κ3) is 11.7. The average Bonchev–Trinajstić information content (AvgIpc) is 2.76. The zero-order chi connectivity index (χ0) is 23.9. The molecule has 0 heterocycles. The Balaban J connectivity index is 0.00000436. The number of aliphatic hydroxyl groups is 1. The number of aldehydes is 1. The lowest BCUT2D eigenvalue weighted by atomic mass is 10.1. The van der Waals surface area contributed by atoms with Crippen LogP contribution in [0.4, 0.5) is 0 Å². The van der Waals surface area contributed by atoms with Crippen molar-refractivity contribution >= 4 is 34.1 Å². The molecule has 0 fully saturated rings. The Hall–Kier alpha value is -3.03. The summed E-state index contributed by atoms with van der Waals surface area (Å²) in [5.74, 6) is -1.33. The van der Waals surface area contributed by atoms with Gasteiger partial charge in [-0.05, 0) is 31.9 Å². The number of carbonyl (C=O) groups is 3. The maximum absolute atomic E-state index is 12.1. The number of guanidine groups is 1. The molecule has 0 radical (unpaired) electrons. The first-order valence-corrected chi connectivity index (χ1v) is 10.7. The van der Waals surface area contributed by atoms with Crippen LogP contribution in [0.2, 0.25) is 0 Å². The molecule has 1 rings (SSSR count).